The summed E-state index contributed by atoms with van der Waals surface area (Å²) in [5.74, 6) is 0.420. The van der Waals surface area contributed by atoms with E-state index in [-0.39, 0.29) is 11.9 Å². The lowest BCUT2D eigenvalue weighted by Crippen LogP contribution is -2.57. The Morgan fingerprint density at radius 3 is 2.62 bits per heavy atom. The summed E-state index contributed by atoms with van der Waals surface area (Å²) < 4.78 is 17.5. The second kappa shape index (κ2) is 12.0. The molecule has 37 heavy (non-hydrogen) atoms. The fourth-order valence-electron chi connectivity index (χ4n) is 5.35. The first kappa shape index (κ1) is 27.1. The molecule has 0 radical (unpaired) electrons. The Labute approximate surface area is 219 Å². The smallest absolute Gasteiger partial charge is 0.228 e. The van der Waals surface area contributed by atoms with E-state index < -0.39 is 23.9 Å². The number of hydrogen-bond donors (Lipinski definition) is 0. The SMILES string of the molecule is CCOc1ccc(CCC[C@H](C(=O)N2CCN(c3ccccn3)C[C@H]2C)[C@@H]2OC(C)(C)OC2C=O)cc1. The summed E-state index contributed by atoms with van der Waals surface area (Å²) in [5, 5.41) is 0. The van der Waals surface area contributed by atoms with Crippen LogP contribution >= 0.6 is 0 Å². The van der Waals surface area contributed by atoms with Crippen LogP contribution in [0.3, 0.4) is 0 Å². The zero-order chi connectivity index (χ0) is 26.4. The van der Waals surface area contributed by atoms with Crippen LogP contribution in [0, 0.1) is 5.92 Å². The van der Waals surface area contributed by atoms with Crippen LogP contribution < -0.4 is 9.64 Å². The Balaban J connectivity index is 1.46. The minimum absolute atomic E-state index is 0.00174. The van der Waals surface area contributed by atoms with Crippen molar-refractivity contribution >= 4 is 18.0 Å². The molecule has 0 saturated carbocycles. The highest BCUT2D eigenvalue weighted by Crippen LogP contribution is 2.35. The van der Waals surface area contributed by atoms with Crippen molar-refractivity contribution in [1.82, 2.24) is 9.88 Å². The fraction of sp³-hybridized carbons (Fsp3) is 0.552. The third kappa shape index (κ3) is 6.67. The number of carbonyl (C=O) groups is 2. The van der Waals surface area contributed by atoms with Gasteiger partial charge in [0.1, 0.15) is 23.8 Å². The molecule has 0 N–H and O–H groups in total. The van der Waals surface area contributed by atoms with Crippen molar-refractivity contribution in [3.8, 4) is 5.75 Å². The molecule has 8 heteroatoms. The molecule has 2 fully saturated rings. The molecule has 0 bridgehead atoms. The van der Waals surface area contributed by atoms with Gasteiger partial charge < -0.3 is 28.8 Å². The number of amides is 1. The monoisotopic (exact) mass is 509 g/mol. The second-order valence-electron chi connectivity index (χ2n) is 10.3. The molecule has 3 heterocycles. The summed E-state index contributed by atoms with van der Waals surface area (Å²) in [6.45, 7) is 10.2. The number of aryl methyl sites for hydroxylation is 1. The molecular weight excluding hydrogens is 470 g/mol. The Kier molecular flexibility index (Phi) is 8.82. The highest BCUT2D eigenvalue weighted by atomic mass is 16.8. The van der Waals surface area contributed by atoms with Crippen molar-refractivity contribution in [1.29, 1.82) is 0 Å². The average molecular weight is 510 g/mol. The predicted octanol–water partition coefficient (Wildman–Crippen LogP) is 3.88. The average Bonchev–Trinajstić information content (AvgIpc) is 3.22. The zero-order valence-corrected chi connectivity index (χ0v) is 22.3. The van der Waals surface area contributed by atoms with Crippen molar-refractivity contribution < 1.29 is 23.8 Å². The van der Waals surface area contributed by atoms with Crippen LogP contribution in [0.1, 0.15) is 46.1 Å². The molecule has 2 aliphatic rings. The van der Waals surface area contributed by atoms with Gasteiger partial charge in [-0.3, -0.25) is 4.79 Å². The van der Waals surface area contributed by atoms with Crippen molar-refractivity contribution in [2.75, 3.05) is 31.1 Å². The molecule has 8 nitrogen and oxygen atoms in total. The number of hydrogen-bond acceptors (Lipinski definition) is 7. The Morgan fingerprint density at radius 2 is 1.97 bits per heavy atom. The van der Waals surface area contributed by atoms with E-state index in [0.717, 1.165) is 30.7 Å². The van der Waals surface area contributed by atoms with Crippen LogP contribution in [0.2, 0.25) is 0 Å². The van der Waals surface area contributed by atoms with E-state index in [9.17, 15) is 9.59 Å². The van der Waals surface area contributed by atoms with Crippen LogP contribution in [0.5, 0.6) is 5.75 Å². The van der Waals surface area contributed by atoms with Crippen LogP contribution in [0.25, 0.3) is 0 Å². The van der Waals surface area contributed by atoms with E-state index in [2.05, 4.69) is 28.9 Å². The topological polar surface area (TPSA) is 81.2 Å². The van der Waals surface area contributed by atoms with Gasteiger partial charge in [0.15, 0.2) is 12.1 Å². The molecule has 2 aromatic rings. The van der Waals surface area contributed by atoms with Crippen LogP contribution in [0.15, 0.2) is 48.7 Å². The minimum atomic E-state index is -0.910. The number of ether oxygens (including phenoxy) is 3. The molecule has 2 aliphatic heterocycles. The van der Waals surface area contributed by atoms with E-state index in [1.54, 1.807) is 20.0 Å². The highest BCUT2D eigenvalue weighted by Gasteiger charge is 2.48. The Hall–Kier alpha value is -2.97. The van der Waals surface area contributed by atoms with Gasteiger partial charge in [-0.25, -0.2) is 4.98 Å². The van der Waals surface area contributed by atoms with Gasteiger partial charge in [-0.05, 0) is 76.8 Å². The summed E-state index contributed by atoms with van der Waals surface area (Å²) in [7, 11) is 0. The standard InChI is InChI=1S/C29H39N3O5/c1-5-35-23-14-12-22(13-15-23)9-8-10-24(27-25(20-33)36-29(3,4)37-27)28(34)32-18-17-31(19-21(32)2)26-11-6-7-16-30-26/h6-7,11-16,20-21,24-25,27H,5,8-10,17-19H2,1-4H3/t21-,24+,25?,27+/m1/s1. The van der Waals surface area contributed by atoms with Gasteiger partial charge in [0.2, 0.25) is 5.91 Å². The molecule has 1 aromatic heterocycles. The van der Waals surface area contributed by atoms with Gasteiger partial charge in [0.25, 0.3) is 0 Å². The number of carbonyl (C=O) groups excluding carboxylic acids is 2. The molecule has 200 valence electrons. The summed E-state index contributed by atoms with van der Waals surface area (Å²) in [5.41, 5.74) is 1.18. The first-order valence-corrected chi connectivity index (χ1v) is 13.3. The van der Waals surface area contributed by atoms with E-state index in [1.807, 2.05) is 42.2 Å². The normalized spacial score (nSPS) is 24.1. The summed E-state index contributed by atoms with van der Waals surface area (Å²) in [6.07, 6.45) is 3.40. The number of pyridine rings is 1. The number of anilines is 1. The first-order chi connectivity index (χ1) is 17.8. The molecule has 1 amide bonds. The van der Waals surface area contributed by atoms with Gasteiger partial charge in [0.05, 0.1) is 12.5 Å². The van der Waals surface area contributed by atoms with Gasteiger partial charge in [-0.2, -0.15) is 0 Å². The Morgan fingerprint density at radius 1 is 1.19 bits per heavy atom. The molecule has 2 saturated heterocycles. The van der Waals surface area contributed by atoms with Gasteiger partial charge >= 0.3 is 0 Å². The lowest BCUT2D eigenvalue weighted by Gasteiger charge is -2.42. The van der Waals surface area contributed by atoms with Crippen molar-refractivity contribution in [3.63, 3.8) is 0 Å². The first-order valence-electron chi connectivity index (χ1n) is 13.3. The summed E-state index contributed by atoms with van der Waals surface area (Å²) in [6, 6.07) is 14.0. The largest absolute Gasteiger partial charge is 0.494 e. The second-order valence-corrected chi connectivity index (χ2v) is 10.3. The Bertz CT molecular complexity index is 1030. The van der Waals surface area contributed by atoms with Crippen LogP contribution in [-0.2, 0) is 25.5 Å². The van der Waals surface area contributed by atoms with Crippen molar-refractivity contribution in [2.45, 2.75) is 71.0 Å². The fourth-order valence-corrected chi connectivity index (χ4v) is 5.35. The van der Waals surface area contributed by atoms with Crippen molar-refractivity contribution in [2.24, 2.45) is 5.92 Å². The number of aromatic nitrogens is 1. The molecule has 1 unspecified atom stereocenters. The van der Waals surface area contributed by atoms with Gasteiger partial charge in [0, 0.05) is 31.9 Å². The quantitative estimate of drug-likeness (QED) is 0.450. The van der Waals surface area contributed by atoms with E-state index in [0.29, 0.717) is 32.7 Å². The molecule has 0 aliphatic carbocycles. The molecule has 4 atom stereocenters. The third-order valence-corrected chi connectivity index (χ3v) is 7.11. The molecular formula is C29H39N3O5. The highest BCUT2D eigenvalue weighted by molar-refractivity contribution is 5.81. The van der Waals surface area contributed by atoms with E-state index in [4.69, 9.17) is 14.2 Å². The third-order valence-electron chi connectivity index (χ3n) is 7.11. The van der Waals surface area contributed by atoms with Gasteiger partial charge in [-0.1, -0.05) is 18.2 Å². The predicted molar refractivity (Wildman–Crippen MR) is 142 cm³/mol. The van der Waals surface area contributed by atoms with E-state index >= 15 is 0 Å². The molecule has 1 aromatic carbocycles. The lowest BCUT2D eigenvalue weighted by molar-refractivity contribution is -0.160. The number of piperazine rings is 1. The lowest BCUT2D eigenvalue weighted by atomic mass is 9.89. The number of aldehydes is 1. The maximum atomic E-state index is 14.0. The summed E-state index contributed by atoms with van der Waals surface area (Å²) >= 11 is 0. The zero-order valence-electron chi connectivity index (χ0n) is 22.3. The maximum Gasteiger partial charge on any atom is 0.228 e. The van der Waals surface area contributed by atoms with Crippen LogP contribution in [0.4, 0.5) is 5.82 Å². The number of benzene rings is 1. The number of nitrogens with zero attached hydrogens (tertiary/aromatic N) is 3. The van der Waals surface area contributed by atoms with Crippen molar-refractivity contribution in [3.05, 3.63) is 54.2 Å². The maximum absolute atomic E-state index is 14.0. The minimum Gasteiger partial charge on any atom is -0.494 e. The number of rotatable bonds is 10. The summed E-state index contributed by atoms with van der Waals surface area (Å²) in [4.78, 5) is 34.5. The van der Waals surface area contributed by atoms with E-state index in [1.165, 1.54) is 5.56 Å². The van der Waals surface area contributed by atoms with Crippen LogP contribution in [-0.4, -0.2) is 72.4 Å². The molecule has 0 spiro atoms. The molecule has 4 rings (SSSR count). The van der Waals surface area contributed by atoms with Gasteiger partial charge in [-0.15, -0.1) is 0 Å².